The number of rotatable bonds is 5. The largest absolute Gasteiger partial charge is 0.460 e. The Morgan fingerprint density at radius 2 is 1.71 bits per heavy atom. The minimum Gasteiger partial charge on any atom is -0.460 e. The molecule has 0 radical (unpaired) electrons. The minimum absolute atomic E-state index is 0.0604. The molecule has 6 heteroatoms. The summed E-state index contributed by atoms with van der Waals surface area (Å²) in [7, 11) is 0. The highest BCUT2D eigenvalue weighted by Gasteiger charge is 2.41. The lowest BCUT2D eigenvalue weighted by molar-refractivity contribution is -0.165. The molecule has 0 aliphatic carbocycles. The SMILES string of the molecule is CC(C)(C)C(N)C(C(=O)ON)C(=O)OCc1ccccc1. The fourth-order valence-electron chi connectivity index (χ4n) is 1.78. The van der Waals surface area contributed by atoms with E-state index in [-0.39, 0.29) is 6.61 Å². The van der Waals surface area contributed by atoms with Crippen LogP contribution in [0.3, 0.4) is 0 Å². The molecule has 1 aromatic carbocycles. The molecule has 0 saturated heterocycles. The molecule has 0 aromatic heterocycles. The standard InChI is InChI=1S/C15H22N2O4/c1-15(2,3)12(16)11(14(19)21-17)13(18)20-9-10-7-5-4-6-8-10/h4-8,11-12H,9,16-17H2,1-3H3. The van der Waals surface area contributed by atoms with Crippen molar-refractivity contribution >= 4 is 11.9 Å². The van der Waals surface area contributed by atoms with E-state index in [1.807, 2.05) is 51.1 Å². The fourth-order valence-corrected chi connectivity index (χ4v) is 1.78. The molecular weight excluding hydrogens is 272 g/mol. The summed E-state index contributed by atoms with van der Waals surface area (Å²) in [4.78, 5) is 28.1. The summed E-state index contributed by atoms with van der Waals surface area (Å²) in [6, 6.07) is 8.37. The first-order valence-corrected chi connectivity index (χ1v) is 6.64. The lowest BCUT2D eigenvalue weighted by Gasteiger charge is -2.31. The quantitative estimate of drug-likeness (QED) is 0.479. The van der Waals surface area contributed by atoms with Gasteiger partial charge >= 0.3 is 11.9 Å². The van der Waals surface area contributed by atoms with Gasteiger partial charge < -0.3 is 15.3 Å². The molecule has 0 bridgehead atoms. The molecule has 2 unspecified atom stereocenters. The van der Waals surface area contributed by atoms with Crippen molar-refractivity contribution in [3.63, 3.8) is 0 Å². The van der Waals surface area contributed by atoms with Crippen molar-refractivity contribution in [3.8, 4) is 0 Å². The molecule has 2 atom stereocenters. The van der Waals surface area contributed by atoms with E-state index in [4.69, 9.17) is 16.4 Å². The Hall–Kier alpha value is -1.92. The molecule has 4 N–H and O–H groups in total. The Bertz CT molecular complexity index is 482. The van der Waals surface area contributed by atoms with E-state index in [1.54, 1.807) is 0 Å². The van der Waals surface area contributed by atoms with Gasteiger partial charge in [-0.05, 0) is 11.0 Å². The monoisotopic (exact) mass is 294 g/mol. The third-order valence-corrected chi connectivity index (χ3v) is 3.21. The molecule has 1 rings (SSSR count). The number of nitrogens with two attached hydrogens (primary N) is 2. The van der Waals surface area contributed by atoms with Crippen LogP contribution in [0.2, 0.25) is 0 Å². The van der Waals surface area contributed by atoms with E-state index in [9.17, 15) is 9.59 Å². The van der Waals surface area contributed by atoms with E-state index >= 15 is 0 Å². The second kappa shape index (κ2) is 7.19. The fraction of sp³-hybridized carbons (Fsp3) is 0.467. The maximum atomic E-state index is 12.1. The van der Waals surface area contributed by atoms with Crippen LogP contribution >= 0.6 is 0 Å². The average Bonchev–Trinajstić information content (AvgIpc) is 2.45. The Morgan fingerprint density at radius 3 is 2.19 bits per heavy atom. The maximum absolute atomic E-state index is 12.1. The van der Waals surface area contributed by atoms with Crippen LogP contribution in [0.5, 0.6) is 0 Å². The second-order valence-electron chi connectivity index (χ2n) is 5.90. The maximum Gasteiger partial charge on any atom is 0.340 e. The number of hydrogen-bond donors (Lipinski definition) is 2. The second-order valence-corrected chi connectivity index (χ2v) is 5.90. The van der Waals surface area contributed by atoms with Crippen molar-refractivity contribution in [1.29, 1.82) is 0 Å². The number of carbonyl (C=O) groups excluding carboxylic acids is 2. The number of ether oxygens (including phenoxy) is 1. The molecule has 0 aliphatic heterocycles. The molecule has 21 heavy (non-hydrogen) atoms. The average molecular weight is 294 g/mol. The minimum atomic E-state index is -1.25. The van der Waals surface area contributed by atoms with Gasteiger partial charge in [0.25, 0.3) is 0 Å². The molecule has 0 saturated carbocycles. The first-order valence-electron chi connectivity index (χ1n) is 6.64. The van der Waals surface area contributed by atoms with Crippen LogP contribution in [0.1, 0.15) is 26.3 Å². The summed E-state index contributed by atoms with van der Waals surface area (Å²) in [6.07, 6.45) is 0. The number of hydrogen-bond acceptors (Lipinski definition) is 6. The third-order valence-electron chi connectivity index (χ3n) is 3.21. The molecule has 116 valence electrons. The van der Waals surface area contributed by atoms with Gasteiger partial charge in [0, 0.05) is 6.04 Å². The van der Waals surface area contributed by atoms with Crippen molar-refractivity contribution in [2.45, 2.75) is 33.4 Å². The van der Waals surface area contributed by atoms with Crippen molar-refractivity contribution in [2.75, 3.05) is 0 Å². The number of esters is 1. The van der Waals surface area contributed by atoms with Crippen LogP contribution in [-0.2, 0) is 25.8 Å². The smallest absolute Gasteiger partial charge is 0.340 e. The summed E-state index contributed by atoms with van der Waals surface area (Å²) < 4.78 is 5.15. The highest BCUT2D eigenvalue weighted by molar-refractivity contribution is 5.95. The number of carbonyl (C=O) groups is 2. The van der Waals surface area contributed by atoms with E-state index in [0.717, 1.165) is 5.56 Å². The summed E-state index contributed by atoms with van der Waals surface area (Å²) in [6.45, 7) is 5.52. The third kappa shape index (κ3) is 4.84. The van der Waals surface area contributed by atoms with E-state index in [1.165, 1.54) is 0 Å². The zero-order valence-electron chi connectivity index (χ0n) is 12.5. The summed E-state index contributed by atoms with van der Waals surface area (Å²) in [5.41, 5.74) is 6.32. The molecule has 0 spiro atoms. The molecule has 0 fully saturated rings. The van der Waals surface area contributed by atoms with E-state index in [0.29, 0.717) is 0 Å². The molecule has 6 nitrogen and oxygen atoms in total. The van der Waals surface area contributed by atoms with Gasteiger partial charge in [0.05, 0.1) is 0 Å². The van der Waals surface area contributed by atoms with Gasteiger partial charge in [-0.3, -0.25) is 4.79 Å². The van der Waals surface area contributed by atoms with Crippen LogP contribution in [-0.4, -0.2) is 18.0 Å². The number of benzene rings is 1. The Balaban J connectivity index is 2.79. The van der Waals surface area contributed by atoms with Crippen molar-refractivity contribution in [1.82, 2.24) is 0 Å². The normalized spacial score (nSPS) is 14.1. The molecular formula is C15H22N2O4. The van der Waals surface area contributed by atoms with E-state index in [2.05, 4.69) is 4.84 Å². The van der Waals surface area contributed by atoms with Crippen LogP contribution in [0.4, 0.5) is 0 Å². The molecule has 0 heterocycles. The van der Waals surface area contributed by atoms with Crippen LogP contribution in [0.25, 0.3) is 0 Å². The van der Waals surface area contributed by atoms with Gasteiger partial charge in [0.2, 0.25) is 0 Å². The predicted molar refractivity (Wildman–Crippen MR) is 77.4 cm³/mol. The first kappa shape index (κ1) is 17.1. The highest BCUT2D eigenvalue weighted by atomic mass is 16.7. The molecule has 0 aliphatic rings. The van der Waals surface area contributed by atoms with Crippen LogP contribution in [0, 0.1) is 11.3 Å². The first-order chi connectivity index (χ1) is 9.77. The predicted octanol–water partition coefficient (Wildman–Crippen LogP) is 1.14. The van der Waals surface area contributed by atoms with Gasteiger partial charge in [-0.2, -0.15) is 5.90 Å². The Kier molecular flexibility index (Phi) is 5.87. The van der Waals surface area contributed by atoms with Gasteiger partial charge in [-0.25, -0.2) is 4.79 Å². The lowest BCUT2D eigenvalue weighted by atomic mass is 9.79. The Morgan fingerprint density at radius 1 is 1.14 bits per heavy atom. The van der Waals surface area contributed by atoms with Crippen molar-refractivity contribution in [3.05, 3.63) is 35.9 Å². The van der Waals surface area contributed by atoms with Crippen LogP contribution in [0.15, 0.2) is 30.3 Å². The van der Waals surface area contributed by atoms with E-state index < -0.39 is 29.3 Å². The summed E-state index contributed by atoms with van der Waals surface area (Å²) in [5, 5.41) is 0. The van der Waals surface area contributed by atoms with Gasteiger partial charge in [-0.15, -0.1) is 0 Å². The topological polar surface area (TPSA) is 105 Å². The summed E-state index contributed by atoms with van der Waals surface area (Å²) in [5.74, 6) is 2.00. The molecule has 0 amide bonds. The summed E-state index contributed by atoms with van der Waals surface area (Å²) >= 11 is 0. The highest BCUT2D eigenvalue weighted by Crippen LogP contribution is 2.25. The van der Waals surface area contributed by atoms with Crippen LogP contribution < -0.4 is 11.6 Å². The Labute approximate surface area is 124 Å². The van der Waals surface area contributed by atoms with Crippen molar-refractivity contribution < 1.29 is 19.2 Å². The van der Waals surface area contributed by atoms with Gasteiger partial charge in [0.15, 0.2) is 5.92 Å². The molecule has 1 aromatic rings. The van der Waals surface area contributed by atoms with Crippen molar-refractivity contribution in [2.24, 2.45) is 23.0 Å². The zero-order chi connectivity index (χ0) is 16.0. The lowest BCUT2D eigenvalue weighted by Crippen LogP contribution is -2.50. The van der Waals surface area contributed by atoms with Gasteiger partial charge in [0.1, 0.15) is 6.61 Å². The van der Waals surface area contributed by atoms with Gasteiger partial charge in [-0.1, -0.05) is 51.1 Å². The zero-order valence-corrected chi connectivity index (χ0v) is 12.5.